The molecule has 1 heterocycles. The van der Waals surface area contributed by atoms with Gasteiger partial charge in [-0.15, -0.1) is 0 Å². The van der Waals surface area contributed by atoms with E-state index in [0.717, 1.165) is 12.0 Å². The molecule has 1 aliphatic heterocycles. The number of carboxylic acids is 1. The van der Waals surface area contributed by atoms with Gasteiger partial charge in [0.1, 0.15) is 19.8 Å². The number of hydrogen-bond acceptors (Lipinski definition) is 9. The Hall–Kier alpha value is -4.54. The third kappa shape index (κ3) is 14.2. The van der Waals surface area contributed by atoms with E-state index in [1.54, 1.807) is 32.9 Å². The molecule has 0 bridgehead atoms. The molecule has 2 amide bonds. The number of hydrogen-bond donors (Lipinski definition) is 1. The second kappa shape index (κ2) is 20.6. The summed E-state index contributed by atoms with van der Waals surface area (Å²) in [5, 5.41) is 8.32. The number of aliphatic carboxylic acids is 1. The van der Waals surface area contributed by atoms with Crippen molar-refractivity contribution in [2.24, 2.45) is 23.2 Å². The SMILES string of the molecule is CC1C(=O)N(c2ccccc2)C(=O)C1C.CCC(C)(C)C(=O)OCc1ccccc1.CCC(C)C(=O)OCCOC(=O)CCC(=O)O. The zero-order chi connectivity index (χ0) is 35.6. The van der Waals surface area contributed by atoms with E-state index in [9.17, 15) is 28.8 Å². The van der Waals surface area contributed by atoms with Gasteiger partial charge < -0.3 is 19.3 Å². The van der Waals surface area contributed by atoms with Gasteiger partial charge in [-0.2, -0.15) is 0 Å². The fourth-order valence-corrected chi connectivity index (χ4v) is 3.73. The molecule has 1 fully saturated rings. The van der Waals surface area contributed by atoms with Crippen LogP contribution in [-0.4, -0.2) is 54.0 Å². The predicted octanol–water partition coefficient (Wildman–Crippen LogP) is 5.98. The molecule has 3 rings (SSSR count). The van der Waals surface area contributed by atoms with Crippen molar-refractivity contribution in [3.8, 4) is 0 Å². The number of anilines is 1. The Morgan fingerprint density at radius 1 is 0.809 bits per heavy atom. The number of para-hydroxylation sites is 1. The summed E-state index contributed by atoms with van der Waals surface area (Å²) in [7, 11) is 0. The van der Waals surface area contributed by atoms with Crippen LogP contribution in [0.1, 0.15) is 79.7 Å². The van der Waals surface area contributed by atoms with Gasteiger partial charge in [-0.05, 0) is 44.4 Å². The van der Waals surface area contributed by atoms with Crippen molar-refractivity contribution in [3.05, 3.63) is 66.2 Å². The number of benzene rings is 2. The molecule has 0 spiro atoms. The van der Waals surface area contributed by atoms with E-state index in [1.165, 1.54) is 4.90 Å². The van der Waals surface area contributed by atoms with Crippen molar-refractivity contribution in [2.45, 2.75) is 80.8 Å². The Labute approximate surface area is 277 Å². The van der Waals surface area contributed by atoms with Crippen molar-refractivity contribution < 1.29 is 48.1 Å². The number of rotatable bonds is 13. The van der Waals surface area contributed by atoms with Crippen molar-refractivity contribution in [1.82, 2.24) is 0 Å². The quantitative estimate of drug-likeness (QED) is 0.118. The lowest BCUT2D eigenvalue weighted by atomic mass is 9.91. The Balaban J connectivity index is 0.000000353. The van der Waals surface area contributed by atoms with Crippen LogP contribution in [0.2, 0.25) is 0 Å². The summed E-state index contributed by atoms with van der Waals surface area (Å²) in [6.07, 6.45) is 1.05. The lowest BCUT2D eigenvalue weighted by molar-refractivity contribution is -0.155. The molecule has 258 valence electrons. The number of ether oxygens (including phenoxy) is 3. The lowest BCUT2D eigenvalue weighted by Gasteiger charge is -2.20. The van der Waals surface area contributed by atoms with Gasteiger partial charge in [-0.25, -0.2) is 0 Å². The second-order valence-corrected chi connectivity index (χ2v) is 11.8. The van der Waals surface area contributed by atoms with Crippen molar-refractivity contribution in [3.63, 3.8) is 0 Å². The number of nitrogens with zero attached hydrogens (tertiary/aromatic N) is 1. The molecule has 0 aliphatic carbocycles. The van der Waals surface area contributed by atoms with Gasteiger partial charge in [0.2, 0.25) is 11.8 Å². The molecule has 47 heavy (non-hydrogen) atoms. The average molecular weight is 656 g/mol. The monoisotopic (exact) mass is 655 g/mol. The molecule has 0 radical (unpaired) electrons. The van der Waals surface area contributed by atoms with Crippen molar-refractivity contribution in [2.75, 3.05) is 18.1 Å². The van der Waals surface area contributed by atoms with E-state index < -0.39 is 11.9 Å². The smallest absolute Gasteiger partial charge is 0.311 e. The first-order valence-corrected chi connectivity index (χ1v) is 15.8. The van der Waals surface area contributed by atoms with Crippen LogP contribution in [-0.2, 0) is 49.6 Å². The Kier molecular flexibility index (Phi) is 17.7. The molecule has 11 heteroatoms. The molecular formula is C36H49NO10. The maximum atomic E-state index is 11.8. The average Bonchev–Trinajstić information content (AvgIpc) is 3.27. The molecule has 3 unspecified atom stereocenters. The number of carbonyl (C=O) groups excluding carboxylic acids is 5. The fraction of sp³-hybridized carbons (Fsp3) is 0.500. The number of imide groups is 1. The topological polar surface area (TPSA) is 154 Å². The number of carboxylic acid groups (broad SMARTS) is 1. The zero-order valence-corrected chi connectivity index (χ0v) is 28.5. The number of esters is 3. The van der Waals surface area contributed by atoms with E-state index >= 15 is 0 Å². The largest absolute Gasteiger partial charge is 0.481 e. The summed E-state index contributed by atoms with van der Waals surface area (Å²) >= 11 is 0. The molecule has 11 nitrogen and oxygen atoms in total. The summed E-state index contributed by atoms with van der Waals surface area (Å²) in [6, 6.07) is 18.8. The fourth-order valence-electron chi connectivity index (χ4n) is 3.73. The van der Waals surface area contributed by atoms with Gasteiger partial charge in [0.05, 0.1) is 29.9 Å². The van der Waals surface area contributed by atoms with E-state index in [4.69, 9.17) is 14.6 Å². The van der Waals surface area contributed by atoms with Gasteiger partial charge in [-0.1, -0.05) is 83.1 Å². The number of amides is 2. The molecule has 2 aromatic carbocycles. The summed E-state index contributed by atoms with van der Waals surface area (Å²) in [6.45, 7) is 13.3. The van der Waals surface area contributed by atoms with Crippen LogP contribution in [0.5, 0.6) is 0 Å². The van der Waals surface area contributed by atoms with Crippen LogP contribution < -0.4 is 4.90 Å². The van der Waals surface area contributed by atoms with E-state index in [1.807, 2.05) is 76.2 Å². The van der Waals surface area contributed by atoms with E-state index in [-0.39, 0.29) is 73.0 Å². The van der Waals surface area contributed by atoms with Crippen LogP contribution in [0.4, 0.5) is 5.69 Å². The minimum absolute atomic E-state index is 0.00197. The molecule has 1 aliphatic rings. The predicted molar refractivity (Wildman–Crippen MR) is 176 cm³/mol. The minimum Gasteiger partial charge on any atom is -0.481 e. The summed E-state index contributed by atoms with van der Waals surface area (Å²) in [5.74, 6) is -2.90. The first kappa shape index (κ1) is 40.5. The third-order valence-electron chi connectivity index (χ3n) is 7.78. The minimum atomic E-state index is -1.05. The lowest BCUT2D eigenvalue weighted by Crippen LogP contribution is -2.30. The van der Waals surface area contributed by atoms with Gasteiger partial charge >= 0.3 is 23.9 Å². The number of carbonyl (C=O) groups is 6. The van der Waals surface area contributed by atoms with E-state index in [2.05, 4.69) is 4.74 Å². The summed E-state index contributed by atoms with van der Waals surface area (Å²) in [4.78, 5) is 68.9. The highest BCUT2D eigenvalue weighted by Crippen LogP contribution is 2.30. The molecule has 3 atom stereocenters. The van der Waals surface area contributed by atoms with Crippen LogP contribution in [0, 0.1) is 23.2 Å². The Bertz CT molecular complexity index is 1290. The third-order valence-corrected chi connectivity index (χ3v) is 7.78. The van der Waals surface area contributed by atoms with Gasteiger partial charge in [-0.3, -0.25) is 33.7 Å². The van der Waals surface area contributed by atoms with Gasteiger partial charge in [0, 0.05) is 11.8 Å². The first-order valence-electron chi connectivity index (χ1n) is 15.8. The Morgan fingerprint density at radius 2 is 1.32 bits per heavy atom. The van der Waals surface area contributed by atoms with Crippen molar-refractivity contribution >= 4 is 41.4 Å². The molecule has 1 saturated heterocycles. The highest BCUT2D eigenvalue weighted by molar-refractivity contribution is 6.21. The molecule has 0 aromatic heterocycles. The summed E-state index contributed by atoms with van der Waals surface area (Å²) < 4.78 is 14.8. The second-order valence-electron chi connectivity index (χ2n) is 11.8. The maximum absolute atomic E-state index is 11.8. The first-order chi connectivity index (χ1) is 22.2. The highest BCUT2D eigenvalue weighted by atomic mass is 16.6. The van der Waals surface area contributed by atoms with Crippen LogP contribution in [0.25, 0.3) is 0 Å². The highest BCUT2D eigenvalue weighted by Gasteiger charge is 2.42. The molecule has 0 saturated carbocycles. The molecular weight excluding hydrogens is 606 g/mol. The maximum Gasteiger partial charge on any atom is 0.311 e. The van der Waals surface area contributed by atoms with Crippen molar-refractivity contribution in [1.29, 1.82) is 0 Å². The van der Waals surface area contributed by atoms with Crippen LogP contribution >= 0.6 is 0 Å². The van der Waals surface area contributed by atoms with Gasteiger partial charge in [0.15, 0.2) is 0 Å². The normalized spacial score (nSPS) is 16.1. The zero-order valence-electron chi connectivity index (χ0n) is 28.5. The standard InChI is InChI=1S/C13H18O2.C12H13NO2.C11H18O6/c1-4-13(2,3)12(14)15-10-11-8-6-5-7-9-11;1-8-9(2)12(15)13(11(8)14)10-6-4-3-5-7-10;1-3-8(2)11(15)17-7-6-16-10(14)5-4-9(12)13/h5-9H,4,10H2,1-3H3;3-9H,1-2H3;8H,3-7H2,1-2H3,(H,12,13). The summed E-state index contributed by atoms with van der Waals surface area (Å²) in [5.41, 5.74) is 1.32. The Morgan fingerprint density at radius 3 is 1.81 bits per heavy atom. The van der Waals surface area contributed by atoms with E-state index in [0.29, 0.717) is 18.7 Å². The molecule has 2 aromatic rings. The van der Waals surface area contributed by atoms with Crippen LogP contribution in [0.15, 0.2) is 60.7 Å². The molecule has 1 N–H and O–H groups in total. The van der Waals surface area contributed by atoms with Gasteiger partial charge in [0.25, 0.3) is 0 Å². The van der Waals surface area contributed by atoms with Crippen LogP contribution in [0.3, 0.4) is 0 Å².